The van der Waals surface area contributed by atoms with Crippen molar-refractivity contribution in [2.75, 3.05) is 19.0 Å². The van der Waals surface area contributed by atoms with Gasteiger partial charge in [0.25, 0.3) is 0 Å². The van der Waals surface area contributed by atoms with Gasteiger partial charge in [-0.25, -0.2) is 4.79 Å². The first kappa shape index (κ1) is 13.6. The number of benzene rings is 1. The molecule has 0 aliphatic heterocycles. The van der Waals surface area contributed by atoms with Crippen molar-refractivity contribution >= 4 is 11.7 Å². The van der Waals surface area contributed by atoms with Crippen molar-refractivity contribution in [3.63, 3.8) is 0 Å². The molecule has 0 fully saturated rings. The summed E-state index contributed by atoms with van der Waals surface area (Å²) in [6.45, 7) is 7.52. The van der Waals surface area contributed by atoms with Gasteiger partial charge in [0.05, 0.1) is 12.7 Å². The van der Waals surface area contributed by atoms with Crippen LogP contribution in [-0.2, 0) is 4.74 Å². The van der Waals surface area contributed by atoms with Gasteiger partial charge < -0.3 is 10.1 Å². The summed E-state index contributed by atoms with van der Waals surface area (Å²) < 4.78 is 4.68. The van der Waals surface area contributed by atoms with Crippen LogP contribution in [0.25, 0.3) is 0 Å². The summed E-state index contributed by atoms with van der Waals surface area (Å²) in [5.74, 6) is -0.301. The molecule has 1 aromatic carbocycles. The summed E-state index contributed by atoms with van der Waals surface area (Å²) in [7, 11) is 1.39. The van der Waals surface area contributed by atoms with Crippen LogP contribution < -0.4 is 5.32 Å². The van der Waals surface area contributed by atoms with Crippen LogP contribution in [-0.4, -0.2) is 19.6 Å². The van der Waals surface area contributed by atoms with Crippen LogP contribution >= 0.6 is 0 Å². The first-order valence-corrected chi connectivity index (χ1v) is 5.84. The van der Waals surface area contributed by atoms with E-state index in [2.05, 4.69) is 30.8 Å². The van der Waals surface area contributed by atoms with E-state index in [9.17, 15) is 4.79 Å². The predicted octanol–water partition coefficient (Wildman–Crippen LogP) is 3.32. The van der Waals surface area contributed by atoms with Gasteiger partial charge >= 0.3 is 5.97 Å². The van der Waals surface area contributed by atoms with Gasteiger partial charge in [0.15, 0.2) is 0 Å². The molecule has 0 spiro atoms. The molecule has 0 atom stereocenters. The minimum atomic E-state index is -0.301. The van der Waals surface area contributed by atoms with Gasteiger partial charge in [0, 0.05) is 12.2 Å². The van der Waals surface area contributed by atoms with E-state index in [-0.39, 0.29) is 5.97 Å². The molecule has 1 N–H and O–H groups in total. The number of hydrogen-bond acceptors (Lipinski definition) is 3. The SMILES string of the molecule is COC(=O)c1cccc(NCCC(C)(C)C)c1. The number of hydrogen-bond donors (Lipinski definition) is 1. The lowest BCUT2D eigenvalue weighted by Gasteiger charge is -2.18. The molecule has 0 saturated carbocycles. The van der Waals surface area contributed by atoms with E-state index >= 15 is 0 Å². The highest BCUT2D eigenvalue weighted by Gasteiger charge is 2.09. The number of carbonyl (C=O) groups is 1. The molecule has 0 radical (unpaired) electrons. The molecule has 0 saturated heterocycles. The highest BCUT2D eigenvalue weighted by atomic mass is 16.5. The Balaban J connectivity index is 2.57. The quantitative estimate of drug-likeness (QED) is 0.814. The molecule has 0 unspecified atom stereocenters. The second kappa shape index (κ2) is 5.71. The van der Waals surface area contributed by atoms with E-state index in [0.29, 0.717) is 11.0 Å². The minimum absolute atomic E-state index is 0.301. The molecule has 1 rings (SSSR count). The number of carbonyl (C=O) groups excluding carboxylic acids is 1. The molecular formula is C14H21NO2. The number of esters is 1. The normalized spacial score (nSPS) is 11.1. The third-order valence-corrected chi connectivity index (χ3v) is 2.49. The summed E-state index contributed by atoms with van der Waals surface area (Å²) in [5, 5.41) is 3.31. The van der Waals surface area contributed by atoms with Crippen molar-refractivity contribution in [3.05, 3.63) is 29.8 Å². The highest BCUT2D eigenvalue weighted by Crippen LogP contribution is 2.19. The maximum Gasteiger partial charge on any atom is 0.337 e. The molecule has 0 aliphatic carbocycles. The fourth-order valence-corrected chi connectivity index (χ4v) is 1.46. The molecule has 94 valence electrons. The van der Waals surface area contributed by atoms with Crippen LogP contribution in [0.1, 0.15) is 37.6 Å². The lowest BCUT2D eigenvalue weighted by molar-refractivity contribution is 0.0601. The summed E-state index contributed by atoms with van der Waals surface area (Å²) in [4.78, 5) is 11.3. The zero-order valence-electron chi connectivity index (χ0n) is 11.0. The van der Waals surface area contributed by atoms with E-state index in [4.69, 9.17) is 0 Å². The molecule has 0 amide bonds. The van der Waals surface area contributed by atoms with Crippen LogP contribution in [0.4, 0.5) is 5.69 Å². The fourth-order valence-electron chi connectivity index (χ4n) is 1.46. The first-order chi connectivity index (χ1) is 7.92. The van der Waals surface area contributed by atoms with E-state index in [1.54, 1.807) is 6.07 Å². The summed E-state index contributed by atoms with van der Waals surface area (Å²) in [6.07, 6.45) is 1.08. The van der Waals surface area contributed by atoms with Gasteiger partial charge in [-0.05, 0) is 30.0 Å². The summed E-state index contributed by atoms with van der Waals surface area (Å²) >= 11 is 0. The number of methoxy groups -OCH3 is 1. The zero-order valence-corrected chi connectivity index (χ0v) is 11.0. The smallest absolute Gasteiger partial charge is 0.337 e. The van der Waals surface area contributed by atoms with E-state index in [0.717, 1.165) is 18.7 Å². The molecule has 3 nitrogen and oxygen atoms in total. The molecule has 0 aliphatic rings. The second-order valence-corrected chi connectivity index (χ2v) is 5.31. The second-order valence-electron chi connectivity index (χ2n) is 5.31. The van der Waals surface area contributed by atoms with Gasteiger partial charge in [-0.3, -0.25) is 0 Å². The number of anilines is 1. The molecular weight excluding hydrogens is 214 g/mol. The van der Waals surface area contributed by atoms with Crippen molar-refractivity contribution < 1.29 is 9.53 Å². The van der Waals surface area contributed by atoms with Crippen molar-refractivity contribution in [1.82, 2.24) is 0 Å². The molecule has 17 heavy (non-hydrogen) atoms. The lowest BCUT2D eigenvalue weighted by Crippen LogP contribution is -2.13. The average molecular weight is 235 g/mol. The van der Waals surface area contributed by atoms with Crippen LogP contribution in [0.15, 0.2) is 24.3 Å². The minimum Gasteiger partial charge on any atom is -0.465 e. The summed E-state index contributed by atoms with van der Waals surface area (Å²) in [6, 6.07) is 7.37. The third-order valence-electron chi connectivity index (χ3n) is 2.49. The molecule has 3 heteroatoms. The Morgan fingerprint density at radius 1 is 1.35 bits per heavy atom. The Kier molecular flexibility index (Phi) is 4.55. The van der Waals surface area contributed by atoms with Gasteiger partial charge in [0.1, 0.15) is 0 Å². The van der Waals surface area contributed by atoms with E-state index in [1.807, 2.05) is 18.2 Å². The Labute approximate surface area is 103 Å². The van der Waals surface area contributed by atoms with Gasteiger partial charge in [-0.15, -0.1) is 0 Å². The van der Waals surface area contributed by atoms with Crippen molar-refractivity contribution in [1.29, 1.82) is 0 Å². The Morgan fingerprint density at radius 2 is 2.06 bits per heavy atom. The number of rotatable bonds is 4. The topological polar surface area (TPSA) is 38.3 Å². The van der Waals surface area contributed by atoms with Crippen molar-refractivity contribution in [2.45, 2.75) is 27.2 Å². The van der Waals surface area contributed by atoms with Crippen LogP contribution in [0.2, 0.25) is 0 Å². The maximum atomic E-state index is 11.3. The van der Waals surface area contributed by atoms with Gasteiger partial charge in [-0.2, -0.15) is 0 Å². The predicted molar refractivity (Wildman–Crippen MR) is 70.3 cm³/mol. The monoisotopic (exact) mass is 235 g/mol. The number of nitrogens with one attached hydrogen (secondary N) is 1. The Bertz CT molecular complexity index is 380. The molecule has 0 heterocycles. The van der Waals surface area contributed by atoms with Crippen molar-refractivity contribution in [2.24, 2.45) is 5.41 Å². The van der Waals surface area contributed by atoms with Gasteiger partial charge in [-0.1, -0.05) is 26.8 Å². The highest BCUT2D eigenvalue weighted by molar-refractivity contribution is 5.90. The Morgan fingerprint density at radius 3 is 2.65 bits per heavy atom. The largest absolute Gasteiger partial charge is 0.465 e. The first-order valence-electron chi connectivity index (χ1n) is 5.84. The summed E-state index contributed by atoms with van der Waals surface area (Å²) in [5.41, 5.74) is 1.85. The van der Waals surface area contributed by atoms with Gasteiger partial charge in [0.2, 0.25) is 0 Å². The Hall–Kier alpha value is -1.51. The number of ether oxygens (including phenoxy) is 1. The molecule has 0 aromatic heterocycles. The molecule has 1 aromatic rings. The average Bonchev–Trinajstić information content (AvgIpc) is 2.27. The van der Waals surface area contributed by atoms with E-state index in [1.165, 1.54) is 7.11 Å². The van der Waals surface area contributed by atoms with Crippen LogP contribution in [0.5, 0.6) is 0 Å². The van der Waals surface area contributed by atoms with Crippen molar-refractivity contribution in [3.8, 4) is 0 Å². The third kappa shape index (κ3) is 4.89. The standard InChI is InChI=1S/C14H21NO2/c1-14(2,3)8-9-15-12-7-5-6-11(10-12)13(16)17-4/h5-7,10,15H,8-9H2,1-4H3. The fraction of sp³-hybridized carbons (Fsp3) is 0.500. The lowest BCUT2D eigenvalue weighted by atomic mass is 9.92. The van der Waals surface area contributed by atoms with E-state index < -0.39 is 0 Å². The zero-order chi connectivity index (χ0) is 12.9. The van der Waals surface area contributed by atoms with Crippen LogP contribution in [0.3, 0.4) is 0 Å². The molecule has 0 bridgehead atoms. The maximum absolute atomic E-state index is 11.3. The van der Waals surface area contributed by atoms with Crippen LogP contribution in [0, 0.1) is 5.41 Å².